The largest absolute Gasteiger partial charge is 0.480 e. The first kappa shape index (κ1) is 14.3. The second kappa shape index (κ2) is 6.88. The van der Waals surface area contributed by atoms with E-state index >= 15 is 0 Å². The number of nitrogens with zero attached hydrogens (tertiary/aromatic N) is 1. The molecule has 0 saturated carbocycles. The van der Waals surface area contributed by atoms with Crippen LogP contribution in [-0.4, -0.2) is 40.6 Å². The summed E-state index contributed by atoms with van der Waals surface area (Å²) in [7, 11) is 0. The molecule has 1 rings (SSSR count). The lowest BCUT2D eigenvalue weighted by molar-refractivity contribution is -0.137. The number of aliphatic imine (C=N–C) groups is 1. The molecule has 0 bridgehead atoms. The zero-order chi connectivity index (χ0) is 13.5. The summed E-state index contributed by atoms with van der Waals surface area (Å²) < 4.78 is 0. The van der Waals surface area contributed by atoms with Gasteiger partial charge in [0.2, 0.25) is 0 Å². The summed E-state index contributed by atoms with van der Waals surface area (Å²) in [6.07, 6.45) is 0.758. The van der Waals surface area contributed by atoms with Gasteiger partial charge in [-0.1, -0.05) is 30.3 Å². The molecule has 0 fully saturated rings. The highest BCUT2D eigenvalue weighted by atomic mass is 16.4. The van der Waals surface area contributed by atoms with Crippen LogP contribution in [0.15, 0.2) is 35.3 Å². The number of aliphatic carboxylic acids is 1. The molecule has 5 heteroatoms. The molecule has 0 aliphatic heterocycles. The minimum Gasteiger partial charge on any atom is -0.480 e. The molecule has 0 aliphatic carbocycles. The number of rotatable bonds is 6. The van der Waals surface area contributed by atoms with Crippen molar-refractivity contribution < 1.29 is 15.0 Å². The number of nitrogens with two attached hydrogens (primary N) is 1. The predicted octanol–water partition coefficient (Wildman–Crippen LogP) is 0.461. The lowest BCUT2D eigenvalue weighted by Gasteiger charge is -2.15. The van der Waals surface area contributed by atoms with Crippen molar-refractivity contribution in [1.29, 1.82) is 0 Å². The second-order valence-electron chi connectivity index (χ2n) is 4.16. The van der Waals surface area contributed by atoms with Gasteiger partial charge in [-0.25, -0.2) is 4.79 Å². The van der Waals surface area contributed by atoms with E-state index in [0.29, 0.717) is 6.42 Å². The fourth-order valence-corrected chi connectivity index (χ4v) is 1.40. The Morgan fingerprint density at radius 2 is 2.06 bits per heavy atom. The number of hydrogen-bond donors (Lipinski definition) is 3. The van der Waals surface area contributed by atoms with E-state index in [-0.39, 0.29) is 0 Å². The molecule has 0 spiro atoms. The van der Waals surface area contributed by atoms with Crippen molar-refractivity contribution in [2.45, 2.75) is 31.5 Å². The van der Waals surface area contributed by atoms with Crippen LogP contribution in [0.2, 0.25) is 0 Å². The summed E-state index contributed by atoms with van der Waals surface area (Å²) in [6, 6.07) is 8.17. The average molecular weight is 250 g/mol. The topological polar surface area (TPSA) is 95.9 Å². The van der Waals surface area contributed by atoms with E-state index in [2.05, 4.69) is 4.99 Å². The van der Waals surface area contributed by atoms with Crippen LogP contribution in [0.5, 0.6) is 0 Å². The Balaban J connectivity index is 2.51. The number of hydrogen-bond acceptors (Lipinski definition) is 4. The maximum atomic E-state index is 10.5. The van der Waals surface area contributed by atoms with Gasteiger partial charge in [-0.3, -0.25) is 4.99 Å². The van der Waals surface area contributed by atoms with Gasteiger partial charge in [0.15, 0.2) is 0 Å². The van der Waals surface area contributed by atoms with E-state index in [1.807, 2.05) is 30.3 Å². The van der Waals surface area contributed by atoms with E-state index in [1.54, 1.807) is 0 Å². The van der Waals surface area contributed by atoms with Crippen molar-refractivity contribution in [2.75, 3.05) is 0 Å². The highest BCUT2D eigenvalue weighted by molar-refractivity contribution is 5.76. The van der Waals surface area contributed by atoms with Crippen LogP contribution in [0.4, 0.5) is 0 Å². The quantitative estimate of drug-likeness (QED) is 0.639. The van der Waals surface area contributed by atoms with Gasteiger partial charge in [-0.15, -0.1) is 0 Å². The standard InChI is InChI=1S/C13H18N2O3/c1-9(13(17)18)15-8-12(16)11(14)7-10-5-3-2-4-6-10/h2-6,8-9,11-12,16H,7,14H2,1H3,(H,17,18). The molecule has 1 aromatic carbocycles. The lowest BCUT2D eigenvalue weighted by Crippen LogP contribution is -2.38. The van der Waals surface area contributed by atoms with Gasteiger partial charge in [-0.05, 0) is 18.9 Å². The molecule has 0 amide bonds. The van der Waals surface area contributed by atoms with E-state index in [4.69, 9.17) is 10.8 Å². The summed E-state index contributed by atoms with van der Waals surface area (Å²) in [5.74, 6) is -1.03. The molecule has 1 aromatic rings. The van der Waals surface area contributed by atoms with Crippen molar-refractivity contribution in [3.8, 4) is 0 Å². The number of aliphatic hydroxyl groups excluding tert-OH is 1. The molecule has 3 atom stereocenters. The van der Waals surface area contributed by atoms with Crippen molar-refractivity contribution in [2.24, 2.45) is 10.7 Å². The Bertz CT molecular complexity index is 406. The smallest absolute Gasteiger partial charge is 0.328 e. The Hall–Kier alpha value is -1.72. The lowest BCUT2D eigenvalue weighted by atomic mass is 10.0. The molecule has 0 heterocycles. The SMILES string of the molecule is CC(N=CC(O)C(N)Cc1ccccc1)C(=O)O. The fraction of sp³-hybridized carbons (Fsp3) is 0.385. The Kier molecular flexibility index (Phi) is 5.48. The molecule has 18 heavy (non-hydrogen) atoms. The monoisotopic (exact) mass is 250 g/mol. The second-order valence-corrected chi connectivity index (χ2v) is 4.16. The van der Waals surface area contributed by atoms with Crippen molar-refractivity contribution >= 4 is 12.2 Å². The summed E-state index contributed by atoms with van der Waals surface area (Å²) in [5.41, 5.74) is 6.84. The molecular formula is C13H18N2O3. The molecule has 5 nitrogen and oxygen atoms in total. The summed E-state index contributed by atoms with van der Waals surface area (Å²) in [5, 5.41) is 18.4. The Morgan fingerprint density at radius 1 is 1.44 bits per heavy atom. The minimum atomic E-state index is -1.03. The highest BCUT2D eigenvalue weighted by Gasteiger charge is 2.14. The molecule has 98 valence electrons. The molecular weight excluding hydrogens is 232 g/mol. The predicted molar refractivity (Wildman–Crippen MR) is 69.7 cm³/mol. The van der Waals surface area contributed by atoms with Crippen molar-refractivity contribution in [1.82, 2.24) is 0 Å². The van der Waals surface area contributed by atoms with Gasteiger partial charge in [0, 0.05) is 12.3 Å². The highest BCUT2D eigenvalue weighted by Crippen LogP contribution is 2.04. The minimum absolute atomic E-state index is 0.503. The maximum Gasteiger partial charge on any atom is 0.328 e. The summed E-state index contributed by atoms with van der Waals surface area (Å²) >= 11 is 0. The van der Waals surface area contributed by atoms with Crippen LogP contribution in [0.1, 0.15) is 12.5 Å². The third kappa shape index (κ3) is 4.65. The number of carbonyl (C=O) groups is 1. The number of carboxylic acid groups (broad SMARTS) is 1. The van der Waals surface area contributed by atoms with Gasteiger partial charge in [0.05, 0.1) is 0 Å². The fourth-order valence-electron chi connectivity index (χ4n) is 1.40. The van der Waals surface area contributed by atoms with Crippen molar-refractivity contribution in [3.05, 3.63) is 35.9 Å². The van der Waals surface area contributed by atoms with E-state index in [9.17, 15) is 9.90 Å². The zero-order valence-corrected chi connectivity index (χ0v) is 10.2. The van der Waals surface area contributed by atoms with Crippen molar-refractivity contribution in [3.63, 3.8) is 0 Å². The summed E-state index contributed by atoms with van der Waals surface area (Å²) in [6.45, 7) is 1.44. The molecule has 0 radical (unpaired) electrons. The molecule has 0 aromatic heterocycles. The van der Waals surface area contributed by atoms with Crippen LogP contribution in [0.3, 0.4) is 0 Å². The normalized spacial score (nSPS) is 16.4. The summed E-state index contributed by atoms with van der Waals surface area (Å²) in [4.78, 5) is 14.3. The molecule has 0 saturated heterocycles. The Labute approximate surface area is 106 Å². The van der Waals surface area contributed by atoms with Gasteiger partial charge in [0.25, 0.3) is 0 Å². The Morgan fingerprint density at radius 3 is 2.61 bits per heavy atom. The van der Waals surface area contributed by atoms with Crippen LogP contribution in [0.25, 0.3) is 0 Å². The first-order valence-corrected chi connectivity index (χ1v) is 5.74. The molecule has 4 N–H and O–H groups in total. The first-order valence-electron chi connectivity index (χ1n) is 5.74. The molecule has 3 unspecified atom stereocenters. The number of benzene rings is 1. The molecule has 0 aliphatic rings. The van der Waals surface area contributed by atoms with Gasteiger partial charge in [-0.2, -0.15) is 0 Å². The van der Waals surface area contributed by atoms with Crippen LogP contribution in [-0.2, 0) is 11.2 Å². The van der Waals surface area contributed by atoms with Gasteiger partial charge >= 0.3 is 5.97 Å². The maximum absolute atomic E-state index is 10.5. The van der Waals surface area contributed by atoms with E-state index in [0.717, 1.165) is 5.56 Å². The first-order chi connectivity index (χ1) is 8.50. The van der Waals surface area contributed by atoms with E-state index in [1.165, 1.54) is 13.1 Å². The third-order valence-corrected chi connectivity index (χ3v) is 2.57. The number of aliphatic hydroxyl groups is 1. The van der Waals surface area contributed by atoms with Gasteiger partial charge in [0.1, 0.15) is 12.1 Å². The zero-order valence-electron chi connectivity index (χ0n) is 10.2. The average Bonchev–Trinajstić information content (AvgIpc) is 2.36. The van der Waals surface area contributed by atoms with Crippen LogP contribution >= 0.6 is 0 Å². The third-order valence-electron chi connectivity index (χ3n) is 2.57. The van der Waals surface area contributed by atoms with Crippen LogP contribution < -0.4 is 5.73 Å². The number of carboxylic acids is 1. The van der Waals surface area contributed by atoms with E-state index < -0.39 is 24.2 Å². The van der Waals surface area contributed by atoms with Gasteiger partial charge < -0.3 is 15.9 Å². The van der Waals surface area contributed by atoms with Crippen LogP contribution in [0, 0.1) is 0 Å².